The molecule has 2 rings (SSSR count). The summed E-state index contributed by atoms with van der Waals surface area (Å²) in [5.41, 5.74) is 0.580. The van der Waals surface area contributed by atoms with Gasteiger partial charge in [-0.3, -0.25) is 4.79 Å². The molecule has 0 unspecified atom stereocenters. The molecule has 0 aliphatic heterocycles. The van der Waals surface area contributed by atoms with Gasteiger partial charge in [0.2, 0.25) is 0 Å². The summed E-state index contributed by atoms with van der Waals surface area (Å²) in [4.78, 5) is 12.1. The topological polar surface area (TPSA) is 56.8 Å². The fraction of sp³-hybridized carbons (Fsp3) is 0.235. The van der Waals surface area contributed by atoms with E-state index in [9.17, 15) is 9.18 Å². The van der Waals surface area contributed by atoms with Crippen molar-refractivity contribution < 1.29 is 23.4 Å². The van der Waals surface area contributed by atoms with E-state index in [4.69, 9.17) is 25.8 Å². The van der Waals surface area contributed by atoms with Gasteiger partial charge in [-0.2, -0.15) is 0 Å². The zero-order valence-electron chi connectivity index (χ0n) is 13.5. The molecule has 2 aromatic rings. The van der Waals surface area contributed by atoms with E-state index in [1.807, 2.05) is 0 Å². The summed E-state index contributed by atoms with van der Waals surface area (Å²) in [6.07, 6.45) is 0. The molecule has 5 nitrogen and oxygen atoms in total. The fourth-order valence-electron chi connectivity index (χ4n) is 2.17. The quantitative estimate of drug-likeness (QED) is 0.864. The summed E-state index contributed by atoms with van der Waals surface area (Å²) < 4.78 is 29.5. The van der Waals surface area contributed by atoms with Crippen LogP contribution in [0.15, 0.2) is 30.3 Å². The van der Waals surface area contributed by atoms with Crippen LogP contribution in [-0.2, 0) is 6.54 Å². The van der Waals surface area contributed by atoms with E-state index >= 15 is 0 Å². The number of halogens is 2. The first kappa shape index (κ1) is 17.9. The standard InChI is InChI=1S/C17H17ClFNO4/c1-22-14-8-16(24-3)15(23-2)6-10(14)9-20-17(21)12-5-4-11(18)7-13(12)19/h4-8H,9H2,1-3H3,(H,20,21). The van der Waals surface area contributed by atoms with Crippen LogP contribution in [0.3, 0.4) is 0 Å². The van der Waals surface area contributed by atoms with Gasteiger partial charge in [0.15, 0.2) is 11.5 Å². The second kappa shape index (κ2) is 7.88. The van der Waals surface area contributed by atoms with Crippen molar-refractivity contribution in [2.75, 3.05) is 21.3 Å². The molecule has 2 aromatic carbocycles. The Hall–Kier alpha value is -2.47. The van der Waals surface area contributed by atoms with Crippen molar-refractivity contribution in [3.8, 4) is 17.2 Å². The van der Waals surface area contributed by atoms with E-state index < -0.39 is 11.7 Å². The Labute approximate surface area is 144 Å². The highest BCUT2D eigenvalue weighted by Crippen LogP contribution is 2.34. The summed E-state index contributed by atoms with van der Waals surface area (Å²) in [5, 5.41) is 2.87. The summed E-state index contributed by atoms with van der Waals surface area (Å²) >= 11 is 5.68. The lowest BCUT2D eigenvalue weighted by molar-refractivity contribution is 0.0946. The molecule has 0 aromatic heterocycles. The van der Waals surface area contributed by atoms with Gasteiger partial charge in [0.05, 0.1) is 26.9 Å². The van der Waals surface area contributed by atoms with Crippen molar-refractivity contribution in [3.05, 3.63) is 52.3 Å². The Balaban J connectivity index is 2.20. The second-order valence-corrected chi connectivity index (χ2v) is 5.26. The van der Waals surface area contributed by atoms with E-state index in [1.54, 1.807) is 12.1 Å². The predicted molar refractivity (Wildman–Crippen MR) is 88.7 cm³/mol. The van der Waals surface area contributed by atoms with Gasteiger partial charge in [0.1, 0.15) is 11.6 Å². The monoisotopic (exact) mass is 353 g/mol. The Kier molecular flexibility index (Phi) is 5.87. The predicted octanol–water partition coefficient (Wildman–Crippen LogP) is 3.43. The Morgan fingerprint density at radius 3 is 2.25 bits per heavy atom. The minimum atomic E-state index is -0.681. The van der Waals surface area contributed by atoms with E-state index in [1.165, 1.54) is 33.5 Å². The molecule has 0 spiro atoms. The molecule has 24 heavy (non-hydrogen) atoms. The van der Waals surface area contributed by atoms with Crippen LogP contribution in [0.2, 0.25) is 5.02 Å². The number of methoxy groups -OCH3 is 3. The first-order valence-electron chi connectivity index (χ1n) is 7.02. The zero-order valence-corrected chi connectivity index (χ0v) is 14.2. The van der Waals surface area contributed by atoms with Gasteiger partial charge >= 0.3 is 0 Å². The maximum atomic E-state index is 13.8. The molecule has 0 heterocycles. The van der Waals surface area contributed by atoms with Crippen LogP contribution in [-0.4, -0.2) is 27.2 Å². The van der Waals surface area contributed by atoms with Crippen molar-refractivity contribution in [1.29, 1.82) is 0 Å². The lowest BCUT2D eigenvalue weighted by atomic mass is 10.1. The van der Waals surface area contributed by atoms with Crippen molar-refractivity contribution in [2.45, 2.75) is 6.54 Å². The second-order valence-electron chi connectivity index (χ2n) is 4.83. The number of amides is 1. The van der Waals surface area contributed by atoms with E-state index in [2.05, 4.69) is 5.32 Å². The minimum Gasteiger partial charge on any atom is -0.496 e. The number of hydrogen-bond donors (Lipinski definition) is 1. The van der Waals surface area contributed by atoms with E-state index in [0.29, 0.717) is 22.8 Å². The largest absolute Gasteiger partial charge is 0.496 e. The number of ether oxygens (including phenoxy) is 3. The van der Waals surface area contributed by atoms with Crippen LogP contribution >= 0.6 is 11.6 Å². The third kappa shape index (κ3) is 3.89. The first-order chi connectivity index (χ1) is 11.5. The highest BCUT2D eigenvalue weighted by atomic mass is 35.5. The third-order valence-electron chi connectivity index (χ3n) is 3.40. The number of rotatable bonds is 6. The molecule has 0 bridgehead atoms. The van der Waals surface area contributed by atoms with Gasteiger partial charge < -0.3 is 19.5 Å². The highest BCUT2D eigenvalue weighted by molar-refractivity contribution is 6.30. The van der Waals surface area contributed by atoms with E-state index in [0.717, 1.165) is 6.07 Å². The molecule has 1 amide bonds. The van der Waals surface area contributed by atoms with Gasteiger partial charge in [-0.1, -0.05) is 11.6 Å². The van der Waals surface area contributed by atoms with E-state index in [-0.39, 0.29) is 17.1 Å². The molecule has 0 atom stereocenters. The summed E-state index contributed by atoms with van der Waals surface area (Å²) in [6.45, 7) is 0.129. The van der Waals surface area contributed by atoms with Crippen molar-refractivity contribution >= 4 is 17.5 Å². The average molecular weight is 354 g/mol. The average Bonchev–Trinajstić information content (AvgIpc) is 2.58. The molecule has 0 aliphatic rings. The number of hydrogen-bond acceptors (Lipinski definition) is 4. The first-order valence-corrected chi connectivity index (χ1v) is 7.40. The smallest absolute Gasteiger partial charge is 0.254 e. The van der Waals surface area contributed by atoms with Gasteiger partial charge in [-0.25, -0.2) is 4.39 Å². The molecule has 0 saturated carbocycles. The number of carbonyl (C=O) groups excluding carboxylic acids is 1. The molecular weight excluding hydrogens is 337 g/mol. The van der Waals surface area contributed by atoms with Crippen molar-refractivity contribution in [1.82, 2.24) is 5.32 Å². The van der Waals surface area contributed by atoms with Crippen molar-refractivity contribution in [2.24, 2.45) is 0 Å². The van der Waals surface area contributed by atoms with Crippen LogP contribution in [0.5, 0.6) is 17.2 Å². The highest BCUT2D eigenvalue weighted by Gasteiger charge is 2.15. The lowest BCUT2D eigenvalue weighted by Gasteiger charge is -2.14. The van der Waals surface area contributed by atoms with Gasteiger partial charge in [0.25, 0.3) is 5.91 Å². The maximum Gasteiger partial charge on any atom is 0.254 e. The van der Waals surface area contributed by atoms with Gasteiger partial charge in [0, 0.05) is 23.2 Å². The Morgan fingerprint density at radius 2 is 1.67 bits per heavy atom. The van der Waals surface area contributed by atoms with Crippen LogP contribution < -0.4 is 19.5 Å². The molecule has 1 N–H and O–H groups in total. The Bertz CT molecular complexity index is 752. The molecule has 0 saturated heterocycles. The third-order valence-corrected chi connectivity index (χ3v) is 3.64. The molecule has 0 radical (unpaired) electrons. The molecular formula is C17H17ClFNO4. The molecule has 0 aliphatic carbocycles. The Morgan fingerprint density at radius 1 is 1.04 bits per heavy atom. The lowest BCUT2D eigenvalue weighted by Crippen LogP contribution is -2.24. The summed E-state index contributed by atoms with van der Waals surface area (Å²) in [5.74, 6) is 0.290. The number of nitrogens with one attached hydrogen (secondary N) is 1. The maximum absolute atomic E-state index is 13.8. The van der Waals surface area contributed by atoms with Crippen molar-refractivity contribution in [3.63, 3.8) is 0 Å². The van der Waals surface area contributed by atoms with Crippen LogP contribution in [0.1, 0.15) is 15.9 Å². The number of benzene rings is 2. The van der Waals surface area contributed by atoms with Crippen LogP contribution in [0.25, 0.3) is 0 Å². The molecule has 7 heteroatoms. The molecule has 128 valence electrons. The number of carbonyl (C=O) groups is 1. The van der Waals surface area contributed by atoms with Gasteiger partial charge in [-0.05, 0) is 24.3 Å². The van der Waals surface area contributed by atoms with Crippen LogP contribution in [0, 0.1) is 5.82 Å². The summed E-state index contributed by atoms with van der Waals surface area (Å²) in [6, 6.07) is 7.22. The normalized spacial score (nSPS) is 10.2. The minimum absolute atomic E-state index is 0.0844. The van der Waals surface area contributed by atoms with Gasteiger partial charge in [-0.15, -0.1) is 0 Å². The SMILES string of the molecule is COc1cc(OC)c(OC)cc1CNC(=O)c1ccc(Cl)cc1F. The molecule has 0 fully saturated rings. The zero-order chi connectivity index (χ0) is 17.7. The fourth-order valence-corrected chi connectivity index (χ4v) is 2.33. The van der Waals surface area contributed by atoms with Crippen LogP contribution in [0.4, 0.5) is 4.39 Å². The summed E-state index contributed by atoms with van der Waals surface area (Å²) in [7, 11) is 4.53.